The van der Waals surface area contributed by atoms with Gasteiger partial charge in [0.25, 0.3) is 6.43 Å². The van der Waals surface area contributed by atoms with Crippen LogP contribution in [0.5, 0.6) is 0 Å². The summed E-state index contributed by atoms with van der Waals surface area (Å²) < 4.78 is 24.8. The van der Waals surface area contributed by atoms with Crippen LogP contribution in [0.2, 0.25) is 0 Å². The normalized spacial score (nSPS) is 10.5. The molecule has 0 fully saturated rings. The molecule has 0 aliphatic rings. The Morgan fingerprint density at radius 1 is 1.73 bits per heavy atom. The van der Waals surface area contributed by atoms with Gasteiger partial charge in [-0.1, -0.05) is 0 Å². The van der Waals surface area contributed by atoms with Crippen molar-refractivity contribution in [3.05, 3.63) is 12.3 Å². The fraction of sp³-hybridized carbons (Fsp3) is 0.500. The Balaban J connectivity index is 2.39. The van der Waals surface area contributed by atoms with E-state index in [0.717, 1.165) is 0 Å². The SMILES string of the molecule is Cn1ccc(NCC(F)F)n1. The van der Waals surface area contributed by atoms with E-state index < -0.39 is 6.43 Å². The quantitative estimate of drug-likeness (QED) is 0.719. The summed E-state index contributed by atoms with van der Waals surface area (Å²) in [6.07, 6.45) is -0.648. The topological polar surface area (TPSA) is 29.9 Å². The lowest BCUT2D eigenvalue weighted by Crippen LogP contribution is -2.10. The van der Waals surface area contributed by atoms with E-state index in [9.17, 15) is 8.78 Å². The minimum Gasteiger partial charge on any atom is -0.363 e. The molecule has 0 aliphatic carbocycles. The lowest BCUT2D eigenvalue weighted by atomic mass is 10.6. The zero-order chi connectivity index (χ0) is 8.27. The van der Waals surface area contributed by atoms with Crippen molar-refractivity contribution < 1.29 is 8.78 Å². The first-order valence-corrected chi connectivity index (χ1v) is 3.20. The van der Waals surface area contributed by atoms with Crippen LogP contribution in [-0.4, -0.2) is 22.8 Å². The van der Waals surface area contributed by atoms with Crippen molar-refractivity contribution in [2.45, 2.75) is 6.43 Å². The Bertz CT molecular complexity index is 221. The van der Waals surface area contributed by atoms with Crippen LogP contribution in [0.3, 0.4) is 0 Å². The molecule has 1 rings (SSSR count). The van der Waals surface area contributed by atoms with Gasteiger partial charge in [-0.05, 0) is 0 Å². The number of anilines is 1. The summed E-state index contributed by atoms with van der Waals surface area (Å²) in [4.78, 5) is 0. The number of nitrogens with zero attached hydrogens (tertiary/aromatic N) is 2. The highest BCUT2D eigenvalue weighted by Gasteiger charge is 2.02. The molecule has 0 saturated carbocycles. The molecule has 0 saturated heterocycles. The molecule has 0 atom stereocenters. The predicted octanol–water partition coefficient (Wildman–Crippen LogP) is 1.10. The Morgan fingerprint density at radius 2 is 2.45 bits per heavy atom. The van der Waals surface area contributed by atoms with Gasteiger partial charge in [-0.2, -0.15) is 5.10 Å². The summed E-state index contributed by atoms with van der Waals surface area (Å²) in [7, 11) is 1.73. The van der Waals surface area contributed by atoms with Crippen molar-refractivity contribution in [3.8, 4) is 0 Å². The summed E-state index contributed by atoms with van der Waals surface area (Å²) >= 11 is 0. The first-order chi connectivity index (χ1) is 5.18. The third-order valence-electron chi connectivity index (χ3n) is 1.15. The molecule has 0 radical (unpaired) electrons. The Hall–Kier alpha value is -1.13. The Morgan fingerprint density at radius 3 is 2.91 bits per heavy atom. The number of hydrogen-bond donors (Lipinski definition) is 1. The van der Waals surface area contributed by atoms with E-state index in [1.807, 2.05) is 0 Å². The van der Waals surface area contributed by atoms with E-state index in [-0.39, 0.29) is 6.54 Å². The van der Waals surface area contributed by atoms with Gasteiger partial charge in [0.05, 0.1) is 6.54 Å². The summed E-state index contributed by atoms with van der Waals surface area (Å²) in [6.45, 7) is -0.350. The van der Waals surface area contributed by atoms with Crippen LogP contribution in [0.15, 0.2) is 12.3 Å². The molecule has 1 aromatic rings. The van der Waals surface area contributed by atoms with Crippen molar-refractivity contribution in [1.82, 2.24) is 9.78 Å². The molecule has 0 amide bonds. The molecular weight excluding hydrogens is 152 g/mol. The van der Waals surface area contributed by atoms with Crippen LogP contribution in [0.4, 0.5) is 14.6 Å². The van der Waals surface area contributed by atoms with Crippen LogP contribution in [0, 0.1) is 0 Å². The summed E-state index contributed by atoms with van der Waals surface area (Å²) in [5.41, 5.74) is 0. The maximum atomic E-state index is 11.6. The van der Waals surface area contributed by atoms with Crippen LogP contribution in [0.25, 0.3) is 0 Å². The van der Waals surface area contributed by atoms with Crippen molar-refractivity contribution in [2.24, 2.45) is 7.05 Å². The average molecular weight is 161 g/mol. The molecule has 11 heavy (non-hydrogen) atoms. The molecule has 1 N–H and O–H groups in total. The molecule has 1 heterocycles. The second-order valence-corrected chi connectivity index (χ2v) is 2.15. The van der Waals surface area contributed by atoms with Gasteiger partial charge >= 0.3 is 0 Å². The third-order valence-corrected chi connectivity index (χ3v) is 1.15. The highest BCUT2D eigenvalue weighted by molar-refractivity contribution is 5.31. The highest BCUT2D eigenvalue weighted by atomic mass is 19.3. The van der Waals surface area contributed by atoms with Crippen molar-refractivity contribution in [2.75, 3.05) is 11.9 Å². The molecule has 3 nitrogen and oxygen atoms in total. The van der Waals surface area contributed by atoms with Crippen LogP contribution < -0.4 is 5.32 Å². The third kappa shape index (κ3) is 2.53. The first kappa shape index (κ1) is 7.97. The molecule has 5 heteroatoms. The van der Waals surface area contributed by atoms with E-state index >= 15 is 0 Å². The van der Waals surface area contributed by atoms with Gasteiger partial charge in [-0.25, -0.2) is 8.78 Å². The van der Waals surface area contributed by atoms with Gasteiger partial charge in [-0.15, -0.1) is 0 Å². The van der Waals surface area contributed by atoms with Gasteiger partial charge in [0.1, 0.15) is 5.82 Å². The van der Waals surface area contributed by atoms with E-state index in [2.05, 4.69) is 10.4 Å². The van der Waals surface area contributed by atoms with Gasteiger partial charge in [0.15, 0.2) is 0 Å². The van der Waals surface area contributed by atoms with Crippen molar-refractivity contribution >= 4 is 5.82 Å². The second kappa shape index (κ2) is 3.32. The molecule has 62 valence electrons. The molecular formula is C6H9F2N3. The van der Waals surface area contributed by atoms with Gasteiger partial charge in [-0.3, -0.25) is 4.68 Å². The fourth-order valence-electron chi connectivity index (χ4n) is 0.691. The van der Waals surface area contributed by atoms with E-state index in [4.69, 9.17) is 0 Å². The number of halogens is 2. The fourth-order valence-corrected chi connectivity index (χ4v) is 0.691. The first-order valence-electron chi connectivity index (χ1n) is 3.20. The van der Waals surface area contributed by atoms with E-state index in [0.29, 0.717) is 5.82 Å². The van der Waals surface area contributed by atoms with Crippen molar-refractivity contribution in [1.29, 1.82) is 0 Å². The van der Waals surface area contributed by atoms with Crippen LogP contribution >= 0.6 is 0 Å². The maximum absolute atomic E-state index is 11.6. The Labute approximate surface area is 63.0 Å². The second-order valence-electron chi connectivity index (χ2n) is 2.15. The average Bonchev–Trinajstić information content (AvgIpc) is 2.31. The number of aryl methyl sites for hydroxylation is 1. The maximum Gasteiger partial charge on any atom is 0.255 e. The zero-order valence-electron chi connectivity index (χ0n) is 6.09. The number of hydrogen-bond acceptors (Lipinski definition) is 2. The lowest BCUT2D eigenvalue weighted by Gasteiger charge is -1.99. The summed E-state index contributed by atoms with van der Waals surface area (Å²) in [5, 5.41) is 6.34. The predicted molar refractivity (Wildman–Crippen MR) is 37.7 cm³/mol. The van der Waals surface area contributed by atoms with Gasteiger partial charge in [0, 0.05) is 19.3 Å². The standard InChI is InChI=1S/C6H9F2N3/c1-11-3-2-6(10-11)9-4-5(7)8/h2-3,5H,4H2,1H3,(H,9,10). The number of rotatable bonds is 3. The molecule has 0 aliphatic heterocycles. The minimum atomic E-state index is -2.34. The molecule has 0 spiro atoms. The highest BCUT2D eigenvalue weighted by Crippen LogP contribution is 2.01. The number of alkyl halides is 2. The van der Waals surface area contributed by atoms with Gasteiger partial charge in [0.2, 0.25) is 0 Å². The molecule has 0 bridgehead atoms. The van der Waals surface area contributed by atoms with Gasteiger partial charge < -0.3 is 5.32 Å². The monoisotopic (exact) mass is 161 g/mol. The lowest BCUT2D eigenvalue weighted by molar-refractivity contribution is 0.163. The number of aromatic nitrogens is 2. The zero-order valence-corrected chi connectivity index (χ0v) is 6.09. The van der Waals surface area contributed by atoms with Crippen molar-refractivity contribution in [3.63, 3.8) is 0 Å². The molecule has 1 aromatic heterocycles. The smallest absolute Gasteiger partial charge is 0.255 e. The van der Waals surface area contributed by atoms with E-state index in [1.54, 1.807) is 24.0 Å². The summed E-state index contributed by atoms with van der Waals surface area (Å²) in [6, 6.07) is 1.64. The Kier molecular flexibility index (Phi) is 2.40. The molecule has 0 aromatic carbocycles. The molecule has 0 unspecified atom stereocenters. The van der Waals surface area contributed by atoms with Crippen LogP contribution in [-0.2, 0) is 7.05 Å². The number of nitrogens with one attached hydrogen (secondary N) is 1. The minimum absolute atomic E-state index is 0.350. The largest absolute Gasteiger partial charge is 0.363 e. The summed E-state index contributed by atoms with van der Waals surface area (Å²) in [5.74, 6) is 0.479. The van der Waals surface area contributed by atoms with Crippen LogP contribution in [0.1, 0.15) is 0 Å². The van der Waals surface area contributed by atoms with E-state index in [1.165, 1.54) is 0 Å².